The molecule has 1 atom stereocenters. The van der Waals surface area contributed by atoms with Crippen LogP contribution in [0, 0.1) is 0 Å². The molecular formula is C19H26F3IN4O2. The largest absolute Gasteiger partial charge is 0.416 e. The molecule has 1 aliphatic carbocycles. The molecule has 1 heterocycles. The Morgan fingerprint density at radius 2 is 2.07 bits per heavy atom. The van der Waals surface area contributed by atoms with E-state index in [0.717, 1.165) is 25.0 Å². The van der Waals surface area contributed by atoms with E-state index in [1.54, 1.807) is 20.2 Å². The maximum Gasteiger partial charge on any atom is 0.416 e. The molecule has 1 N–H and O–H groups in total. The minimum Gasteiger partial charge on any atom is -0.370 e. The number of halogens is 4. The highest BCUT2D eigenvalue weighted by atomic mass is 127. The van der Waals surface area contributed by atoms with Crippen molar-refractivity contribution < 1.29 is 22.7 Å². The number of hydrogen-bond acceptors (Lipinski definition) is 3. The molecule has 1 amide bonds. The number of alkyl halides is 3. The van der Waals surface area contributed by atoms with Gasteiger partial charge in [0, 0.05) is 26.7 Å². The van der Waals surface area contributed by atoms with Crippen molar-refractivity contribution in [2.45, 2.75) is 31.2 Å². The Balaban J connectivity index is 0.00000300. The molecule has 2 fully saturated rings. The molecule has 1 aromatic rings. The summed E-state index contributed by atoms with van der Waals surface area (Å²) in [6, 6.07) is 5.56. The molecule has 10 heteroatoms. The Hall–Kier alpha value is -1.56. The van der Waals surface area contributed by atoms with Gasteiger partial charge >= 0.3 is 6.18 Å². The van der Waals surface area contributed by atoms with E-state index in [0.29, 0.717) is 37.3 Å². The highest BCUT2D eigenvalue weighted by molar-refractivity contribution is 14.0. The summed E-state index contributed by atoms with van der Waals surface area (Å²) in [6.45, 7) is 1.32. The van der Waals surface area contributed by atoms with E-state index >= 15 is 0 Å². The van der Waals surface area contributed by atoms with Gasteiger partial charge in [0.25, 0.3) is 0 Å². The lowest BCUT2D eigenvalue weighted by Gasteiger charge is -2.35. The van der Waals surface area contributed by atoms with Crippen LogP contribution in [0.15, 0.2) is 29.3 Å². The number of ether oxygens (including phenoxy) is 1. The van der Waals surface area contributed by atoms with E-state index in [-0.39, 0.29) is 36.4 Å². The zero-order chi connectivity index (χ0) is 20.3. The summed E-state index contributed by atoms with van der Waals surface area (Å²) in [5, 5.41) is 3.33. The molecule has 0 spiro atoms. The normalized spacial score (nSPS) is 20.1. The molecule has 1 saturated heterocycles. The summed E-state index contributed by atoms with van der Waals surface area (Å²) in [7, 11) is 3.34. The predicted molar refractivity (Wildman–Crippen MR) is 114 cm³/mol. The molecule has 0 aromatic heterocycles. The summed E-state index contributed by atoms with van der Waals surface area (Å²) < 4.78 is 44.8. The van der Waals surface area contributed by atoms with Crippen molar-refractivity contribution >= 4 is 35.8 Å². The van der Waals surface area contributed by atoms with Crippen LogP contribution in [0.3, 0.4) is 0 Å². The minimum absolute atomic E-state index is 0. The van der Waals surface area contributed by atoms with Gasteiger partial charge in [0.15, 0.2) is 5.96 Å². The van der Waals surface area contributed by atoms with Crippen LogP contribution in [-0.4, -0.2) is 68.0 Å². The van der Waals surface area contributed by atoms with Gasteiger partial charge in [0.05, 0.1) is 18.7 Å². The SMILES string of the molecule is CN(C)C(=O)CN=C(NC1CC1)N1CCOC(c2cccc(C(F)(F)F)c2)C1.I. The number of guanidine groups is 1. The topological polar surface area (TPSA) is 57.2 Å². The zero-order valence-corrected chi connectivity index (χ0v) is 18.7. The van der Waals surface area contributed by atoms with Gasteiger partial charge in [-0.2, -0.15) is 13.2 Å². The highest BCUT2D eigenvalue weighted by Gasteiger charge is 2.33. The van der Waals surface area contributed by atoms with Crippen LogP contribution >= 0.6 is 24.0 Å². The first-order chi connectivity index (χ1) is 13.2. The van der Waals surface area contributed by atoms with Crippen molar-refractivity contribution in [1.29, 1.82) is 0 Å². The lowest BCUT2D eigenvalue weighted by atomic mass is 10.0. The first-order valence-corrected chi connectivity index (χ1v) is 9.29. The van der Waals surface area contributed by atoms with E-state index in [1.165, 1.54) is 11.0 Å². The van der Waals surface area contributed by atoms with E-state index in [2.05, 4.69) is 10.3 Å². The van der Waals surface area contributed by atoms with Crippen LogP contribution in [0.25, 0.3) is 0 Å². The van der Waals surface area contributed by atoms with Gasteiger partial charge in [0.1, 0.15) is 12.6 Å². The van der Waals surface area contributed by atoms with Crippen LogP contribution < -0.4 is 5.32 Å². The minimum atomic E-state index is -4.39. The Morgan fingerprint density at radius 1 is 1.34 bits per heavy atom. The number of hydrogen-bond donors (Lipinski definition) is 1. The smallest absolute Gasteiger partial charge is 0.370 e. The molecule has 3 rings (SSSR count). The number of nitrogens with one attached hydrogen (secondary N) is 1. The number of rotatable bonds is 4. The van der Waals surface area contributed by atoms with Crippen molar-refractivity contribution in [3.05, 3.63) is 35.4 Å². The second-order valence-electron chi connectivity index (χ2n) is 7.28. The molecule has 2 aliphatic rings. The summed E-state index contributed by atoms with van der Waals surface area (Å²) in [5.74, 6) is 0.496. The van der Waals surface area contributed by atoms with Gasteiger partial charge in [-0.3, -0.25) is 4.79 Å². The predicted octanol–water partition coefficient (Wildman–Crippen LogP) is 2.89. The average molecular weight is 526 g/mol. The second kappa shape index (κ2) is 9.96. The molecule has 29 heavy (non-hydrogen) atoms. The van der Waals surface area contributed by atoms with Crippen molar-refractivity contribution in [2.75, 3.05) is 40.3 Å². The lowest BCUT2D eigenvalue weighted by molar-refractivity contribution is -0.137. The number of amides is 1. The maximum atomic E-state index is 13.0. The molecule has 0 radical (unpaired) electrons. The van der Waals surface area contributed by atoms with E-state index in [9.17, 15) is 18.0 Å². The molecule has 1 aliphatic heterocycles. The number of nitrogens with zero attached hydrogens (tertiary/aromatic N) is 3. The summed E-state index contributed by atoms with van der Waals surface area (Å²) in [5.41, 5.74) is -0.207. The van der Waals surface area contributed by atoms with Crippen LogP contribution in [0.4, 0.5) is 13.2 Å². The third-order valence-electron chi connectivity index (χ3n) is 4.73. The molecule has 1 aromatic carbocycles. The Morgan fingerprint density at radius 3 is 2.69 bits per heavy atom. The quantitative estimate of drug-likeness (QED) is 0.373. The number of likely N-dealkylation sites (N-methyl/N-ethyl adjacent to an activating group) is 1. The van der Waals surface area contributed by atoms with Crippen molar-refractivity contribution in [3.8, 4) is 0 Å². The fourth-order valence-corrected chi connectivity index (χ4v) is 2.89. The van der Waals surface area contributed by atoms with E-state index < -0.39 is 17.8 Å². The van der Waals surface area contributed by atoms with Crippen molar-refractivity contribution in [1.82, 2.24) is 15.1 Å². The summed E-state index contributed by atoms with van der Waals surface area (Å²) >= 11 is 0. The maximum absolute atomic E-state index is 13.0. The molecule has 0 bridgehead atoms. The average Bonchev–Trinajstić information content (AvgIpc) is 3.48. The van der Waals surface area contributed by atoms with Crippen LogP contribution in [-0.2, 0) is 15.7 Å². The lowest BCUT2D eigenvalue weighted by Crippen LogP contribution is -2.49. The Bertz CT molecular complexity index is 738. The molecule has 6 nitrogen and oxygen atoms in total. The number of aliphatic imine (C=N–C) groups is 1. The zero-order valence-electron chi connectivity index (χ0n) is 16.4. The standard InChI is InChI=1S/C19H25F3N4O2.HI/c1-25(2)17(27)11-23-18(24-15-6-7-15)26-8-9-28-16(12-26)13-4-3-5-14(10-13)19(20,21)22;/h3-5,10,15-16H,6-9,11-12H2,1-2H3,(H,23,24);1H. The molecule has 1 saturated carbocycles. The summed E-state index contributed by atoms with van der Waals surface area (Å²) in [4.78, 5) is 19.8. The third kappa shape index (κ3) is 6.73. The second-order valence-corrected chi connectivity index (χ2v) is 7.28. The third-order valence-corrected chi connectivity index (χ3v) is 4.73. The number of morpholine rings is 1. The van der Waals surface area contributed by atoms with Crippen molar-refractivity contribution in [3.63, 3.8) is 0 Å². The van der Waals surface area contributed by atoms with Gasteiger partial charge in [0.2, 0.25) is 5.91 Å². The highest BCUT2D eigenvalue weighted by Crippen LogP contribution is 2.32. The Kier molecular flexibility index (Phi) is 8.15. The van der Waals surface area contributed by atoms with Gasteiger partial charge in [-0.1, -0.05) is 12.1 Å². The Labute approximate surface area is 185 Å². The first-order valence-electron chi connectivity index (χ1n) is 9.29. The van der Waals surface area contributed by atoms with Gasteiger partial charge in [-0.25, -0.2) is 4.99 Å². The van der Waals surface area contributed by atoms with Gasteiger partial charge < -0.3 is 19.9 Å². The van der Waals surface area contributed by atoms with E-state index in [1.807, 2.05) is 4.90 Å². The van der Waals surface area contributed by atoms with Gasteiger partial charge in [-0.05, 0) is 30.5 Å². The van der Waals surface area contributed by atoms with Crippen LogP contribution in [0.1, 0.15) is 30.1 Å². The van der Waals surface area contributed by atoms with Crippen LogP contribution in [0.2, 0.25) is 0 Å². The molecular weight excluding hydrogens is 500 g/mol. The fourth-order valence-electron chi connectivity index (χ4n) is 2.89. The van der Waals surface area contributed by atoms with Crippen LogP contribution in [0.5, 0.6) is 0 Å². The number of benzene rings is 1. The van der Waals surface area contributed by atoms with Crippen molar-refractivity contribution in [2.24, 2.45) is 4.99 Å². The fraction of sp³-hybridized carbons (Fsp3) is 0.579. The number of carbonyl (C=O) groups is 1. The molecule has 1 unspecified atom stereocenters. The van der Waals surface area contributed by atoms with E-state index in [4.69, 9.17) is 4.74 Å². The first kappa shape index (κ1) is 23.7. The number of carbonyl (C=O) groups excluding carboxylic acids is 1. The summed E-state index contributed by atoms with van der Waals surface area (Å²) in [6.07, 6.45) is -2.80. The van der Waals surface area contributed by atoms with Gasteiger partial charge in [-0.15, -0.1) is 24.0 Å². The monoisotopic (exact) mass is 526 g/mol. The molecule has 162 valence electrons.